The molecule has 4 nitrogen and oxygen atoms in total. The van der Waals surface area contributed by atoms with Gasteiger partial charge in [-0.1, -0.05) is 12.1 Å². The minimum Gasteiger partial charge on any atom is -0.493 e. The third-order valence-electron chi connectivity index (χ3n) is 3.79. The number of methoxy groups -OCH3 is 1. The molecular formula is C16H25NO3. The lowest BCUT2D eigenvalue weighted by Crippen LogP contribution is -2.35. The topological polar surface area (TPSA) is 50.7 Å². The van der Waals surface area contributed by atoms with Gasteiger partial charge in [0, 0.05) is 18.2 Å². The van der Waals surface area contributed by atoms with E-state index in [0.717, 1.165) is 49.3 Å². The average Bonchev–Trinajstić information content (AvgIpc) is 2.45. The molecule has 1 aliphatic carbocycles. The fraction of sp³-hybridized carbons (Fsp3) is 0.625. The smallest absolute Gasteiger partial charge is 0.165 e. The number of hydrogen-bond acceptors (Lipinski definition) is 4. The minimum absolute atomic E-state index is 0.155. The summed E-state index contributed by atoms with van der Waals surface area (Å²) in [5, 5.41) is 13.2. The van der Waals surface area contributed by atoms with Gasteiger partial charge < -0.3 is 19.9 Å². The van der Waals surface area contributed by atoms with Gasteiger partial charge in [0.15, 0.2) is 11.5 Å². The first kappa shape index (κ1) is 15.1. The summed E-state index contributed by atoms with van der Waals surface area (Å²) in [6.07, 6.45) is 3.84. The maximum Gasteiger partial charge on any atom is 0.165 e. The van der Waals surface area contributed by atoms with Gasteiger partial charge in [0.2, 0.25) is 0 Å². The van der Waals surface area contributed by atoms with Gasteiger partial charge in [-0.05, 0) is 38.7 Å². The molecule has 0 radical (unpaired) electrons. The summed E-state index contributed by atoms with van der Waals surface area (Å²) >= 11 is 0. The fourth-order valence-electron chi connectivity index (χ4n) is 2.81. The molecule has 0 spiro atoms. The maximum absolute atomic E-state index is 9.71. The van der Waals surface area contributed by atoms with Crippen molar-refractivity contribution in [1.29, 1.82) is 0 Å². The zero-order chi connectivity index (χ0) is 14.4. The van der Waals surface area contributed by atoms with Crippen molar-refractivity contribution in [3.05, 3.63) is 23.8 Å². The fourth-order valence-corrected chi connectivity index (χ4v) is 2.81. The molecule has 1 aromatic rings. The van der Waals surface area contributed by atoms with Crippen LogP contribution in [0.2, 0.25) is 0 Å². The zero-order valence-electron chi connectivity index (χ0n) is 12.4. The van der Waals surface area contributed by atoms with Crippen LogP contribution in [-0.2, 0) is 6.54 Å². The second-order valence-electron chi connectivity index (χ2n) is 5.28. The number of aliphatic hydroxyl groups excluding tert-OH is 1. The van der Waals surface area contributed by atoms with Crippen LogP contribution in [0, 0.1) is 0 Å². The van der Waals surface area contributed by atoms with Gasteiger partial charge in [0.25, 0.3) is 0 Å². The Kier molecular flexibility index (Phi) is 5.68. The Balaban J connectivity index is 1.99. The molecule has 2 N–H and O–H groups in total. The Morgan fingerprint density at radius 1 is 1.35 bits per heavy atom. The number of ether oxygens (including phenoxy) is 2. The van der Waals surface area contributed by atoms with Gasteiger partial charge >= 0.3 is 0 Å². The van der Waals surface area contributed by atoms with Crippen LogP contribution in [0.3, 0.4) is 0 Å². The molecule has 4 heteroatoms. The van der Waals surface area contributed by atoms with Crippen molar-refractivity contribution in [3.63, 3.8) is 0 Å². The van der Waals surface area contributed by atoms with E-state index >= 15 is 0 Å². The predicted molar refractivity (Wildman–Crippen MR) is 79.3 cm³/mol. The van der Waals surface area contributed by atoms with Crippen molar-refractivity contribution in [3.8, 4) is 11.5 Å². The molecule has 0 aliphatic heterocycles. The SMILES string of the molecule is CCOc1cccc(CNC2CCCC(O)C2)c1OC. The van der Waals surface area contributed by atoms with Crippen molar-refractivity contribution in [2.24, 2.45) is 0 Å². The van der Waals surface area contributed by atoms with Gasteiger partial charge in [-0.3, -0.25) is 0 Å². The van der Waals surface area contributed by atoms with Crippen molar-refractivity contribution in [2.45, 2.75) is 51.3 Å². The molecule has 1 aromatic carbocycles. The van der Waals surface area contributed by atoms with Crippen LogP contribution in [0.15, 0.2) is 18.2 Å². The highest BCUT2D eigenvalue weighted by Gasteiger charge is 2.20. The Labute approximate surface area is 121 Å². The molecule has 112 valence electrons. The van der Waals surface area contributed by atoms with Crippen LogP contribution in [0.5, 0.6) is 11.5 Å². The second kappa shape index (κ2) is 7.50. The molecule has 1 saturated carbocycles. The quantitative estimate of drug-likeness (QED) is 0.840. The average molecular weight is 279 g/mol. The summed E-state index contributed by atoms with van der Waals surface area (Å²) in [7, 11) is 1.67. The van der Waals surface area contributed by atoms with Gasteiger partial charge in [-0.25, -0.2) is 0 Å². The van der Waals surface area contributed by atoms with E-state index in [1.807, 2.05) is 25.1 Å². The highest BCUT2D eigenvalue weighted by atomic mass is 16.5. The van der Waals surface area contributed by atoms with Crippen LogP contribution in [0.25, 0.3) is 0 Å². The molecular weight excluding hydrogens is 254 g/mol. The highest BCUT2D eigenvalue weighted by molar-refractivity contribution is 5.46. The van der Waals surface area contributed by atoms with Crippen molar-refractivity contribution < 1.29 is 14.6 Å². The van der Waals surface area contributed by atoms with E-state index < -0.39 is 0 Å². The molecule has 0 amide bonds. The summed E-state index contributed by atoms with van der Waals surface area (Å²) in [5.41, 5.74) is 1.10. The molecule has 0 heterocycles. The Bertz CT molecular complexity index is 422. The van der Waals surface area contributed by atoms with Gasteiger partial charge in [-0.2, -0.15) is 0 Å². The van der Waals surface area contributed by atoms with Crippen LogP contribution in [-0.4, -0.2) is 31.0 Å². The lowest BCUT2D eigenvalue weighted by Gasteiger charge is -2.27. The minimum atomic E-state index is -0.155. The summed E-state index contributed by atoms with van der Waals surface area (Å²) in [6.45, 7) is 3.33. The number of para-hydroxylation sites is 1. The van der Waals surface area contributed by atoms with E-state index in [4.69, 9.17) is 9.47 Å². The first-order chi connectivity index (χ1) is 9.74. The maximum atomic E-state index is 9.71. The van der Waals surface area contributed by atoms with Crippen molar-refractivity contribution in [2.75, 3.05) is 13.7 Å². The first-order valence-electron chi connectivity index (χ1n) is 7.44. The van der Waals surface area contributed by atoms with Crippen LogP contribution in [0.1, 0.15) is 38.2 Å². The zero-order valence-corrected chi connectivity index (χ0v) is 12.4. The number of hydrogen-bond donors (Lipinski definition) is 2. The van der Waals surface area contributed by atoms with E-state index in [1.165, 1.54) is 0 Å². The standard InChI is InChI=1S/C16H25NO3/c1-3-20-15-9-4-6-12(16(15)19-2)11-17-13-7-5-8-14(18)10-13/h4,6,9,13-14,17-18H,3,5,7-8,10-11H2,1-2H3. The molecule has 1 aliphatic rings. The Hall–Kier alpha value is -1.26. The second-order valence-corrected chi connectivity index (χ2v) is 5.28. The first-order valence-corrected chi connectivity index (χ1v) is 7.44. The van der Waals surface area contributed by atoms with E-state index in [-0.39, 0.29) is 6.10 Å². The van der Waals surface area contributed by atoms with Crippen molar-refractivity contribution in [1.82, 2.24) is 5.32 Å². The van der Waals surface area contributed by atoms with Gasteiger partial charge in [-0.15, -0.1) is 0 Å². The monoisotopic (exact) mass is 279 g/mol. The largest absolute Gasteiger partial charge is 0.493 e. The molecule has 2 rings (SSSR count). The van der Waals surface area contributed by atoms with Crippen LogP contribution < -0.4 is 14.8 Å². The van der Waals surface area contributed by atoms with E-state index in [0.29, 0.717) is 12.6 Å². The summed E-state index contributed by atoms with van der Waals surface area (Å²) in [4.78, 5) is 0. The van der Waals surface area contributed by atoms with Gasteiger partial charge in [0.1, 0.15) is 0 Å². The molecule has 1 fully saturated rings. The predicted octanol–water partition coefficient (Wildman–Crippen LogP) is 2.49. The number of nitrogens with one attached hydrogen (secondary N) is 1. The van der Waals surface area contributed by atoms with Gasteiger partial charge in [0.05, 0.1) is 19.8 Å². The van der Waals surface area contributed by atoms with Crippen LogP contribution in [0.4, 0.5) is 0 Å². The van der Waals surface area contributed by atoms with Crippen LogP contribution >= 0.6 is 0 Å². The van der Waals surface area contributed by atoms with E-state index in [1.54, 1.807) is 7.11 Å². The number of rotatable bonds is 6. The molecule has 0 saturated heterocycles. The third kappa shape index (κ3) is 3.87. The number of aliphatic hydroxyl groups is 1. The summed E-state index contributed by atoms with van der Waals surface area (Å²) in [6, 6.07) is 6.35. The highest BCUT2D eigenvalue weighted by Crippen LogP contribution is 2.31. The number of benzene rings is 1. The summed E-state index contributed by atoms with van der Waals surface area (Å²) < 4.78 is 11.1. The Morgan fingerprint density at radius 2 is 2.20 bits per heavy atom. The molecule has 2 unspecified atom stereocenters. The summed E-state index contributed by atoms with van der Waals surface area (Å²) in [5.74, 6) is 1.59. The molecule has 0 bridgehead atoms. The third-order valence-corrected chi connectivity index (χ3v) is 3.79. The lowest BCUT2D eigenvalue weighted by atomic mass is 9.93. The van der Waals surface area contributed by atoms with Crippen molar-refractivity contribution >= 4 is 0 Å². The van der Waals surface area contributed by atoms with E-state index in [2.05, 4.69) is 5.32 Å². The molecule has 2 atom stereocenters. The lowest BCUT2D eigenvalue weighted by molar-refractivity contribution is 0.111. The Morgan fingerprint density at radius 3 is 2.90 bits per heavy atom. The normalized spacial score (nSPS) is 22.6. The molecule has 20 heavy (non-hydrogen) atoms. The molecule has 0 aromatic heterocycles. The van der Waals surface area contributed by atoms with E-state index in [9.17, 15) is 5.11 Å².